The summed E-state index contributed by atoms with van der Waals surface area (Å²) in [6.45, 7) is 3.72. The molecule has 2 heterocycles. The minimum absolute atomic E-state index is 0.0178. The molecule has 0 spiro atoms. The van der Waals surface area contributed by atoms with Crippen LogP contribution in [0.5, 0.6) is 0 Å². The molecule has 0 aromatic carbocycles. The van der Waals surface area contributed by atoms with Crippen LogP contribution < -0.4 is 10.6 Å². The van der Waals surface area contributed by atoms with Crippen LogP contribution in [0.1, 0.15) is 30.3 Å². The highest BCUT2D eigenvalue weighted by Gasteiger charge is 2.26. The number of aromatic carboxylic acids is 1. The number of nitrogens with zero attached hydrogens (tertiary/aromatic N) is 3. The van der Waals surface area contributed by atoms with E-state index in [1.807, 2.05) is 0 Å². The molecule has 1 saturated heterocycles. The van der Waals surface area contributed by atoms with Gasteiger partial charge in [0.25, 0.3) is 0 Å². The fourth-order valence-corrected chi connectivity index (χ4v) is 2.31. The first-order valence-electron chi connectivity index (χ1n) is 6.72. The molecule has 1 fully saturated rings. The van der Waals surface area contributed by atoms with Crippen molar-refractivity contribution in [1.82, 2.24) is 25.6 Å². The Morgan fingerprint density at radius 2 is 2.40 bits per heavy atom. The Bertz CT molecular complexity index is 487. The second-order valence-electron chi connectivity index (χ2n) is 5.01. The van der Waals surface area contributed by atoms with Gasteiger partial charge in [0.1, 0.15) is 0 Å². The van der Waals surface area contributed by atoms with Gasteiger partial charge < -0.3 is 15.7 Å². The minimum atomic E-state index is -1.11. The maximum atomic E-state index is 12.0. The van der Waals surface area contributed by atoms with Crippen molar-refractivity contribution in [2.75, 3.05) is 13.1 Å². The van der Waals surface area contributed by atoms with Gasteiger partial charge in [-0.2, -0.15) is 0 Å². The zero-order valence-corrected chi connectivity index (χ0v) is 11.4. The quantitative estimate of drug-likeness (QED) is 0.670. The molecule has 1 aromatic rings. The molecule has 0 saturated carbocycles. The van der Waals surface area contributed by atoms with E-state index in [0.29, 0.717) is 19.0 Å². The predicted octanol–water partition coefficient (Wildman–Crippen LogP) is -0.519. The van der Waals surface area contributed by atoms with Crippen molar-refractivity contribution >= 4 is 11.9 Å². The number of carboxylic acids is 1. The van der Waals surface area contributed by atoms with Crippen LogP contribution in [0, 0.1) is 5.92 Å². The number of piperidine rings is 1. The lowest BCUT2D eigenvalue weighted by Crippen LogP contribution is -2.51. The van der Waals surface area contributed by atoms with Crippen molar-refractivity contribution in [3.05, 3.63) is 11.9 Å². The predicted molar refractivity (Wildman–Crippen MR) is 70.2 cm³/mol. The molecule has 2 rings (SSSR count). The molecule has 20 heavy (non-hydrogen) atoms. The maximum absolute atomic E-state index is 12.0. The van der Waals surface area contributed by atoms with E-state index in [0.717, 1.165) is 19.4 Å². The summed E-state index contributed by atoms with van der Waals surface area (Å²) in [5.41, 5.74) is -0.0982. The highest BCUT2D eigenvalue weighted by atomic mass is 16.4. The summed E-state index contributed by atoms with van der Waals surface area (Å²) < 4.78 is 1.40. The van der Waals surface area contributed by atoms with E-state index in [9.17, 15) is 9.59 Å². The zero-order valence-electron chi connectivity index (χ0n) is 11.4. The van der Waals surface area contributed by atoms with E-state index in [2.05, 4.69) is 27.9 Å². The van der Waals surface area contributed by atoms with Gasteiger partial charge in [-0.1, -0.05) is 12.1 Å². The summed E-state index contributed by atoms with van der Waals surface area (Å²) >= 11 is 0. The number of carboxylic acid groups (broad SMARTS) is 1. The van der Waals surface area contributed by atoms with Crippen molar-refractivity contribution in [3.8, 4) is 0 Å². The average molecular weight is 281 g/mol. The summed E-state index contributed by atoms with van der Waals surface area (Å²) in [7, 11) is 0. The van der Waals surface area contributed by atoms with E-state index in [4.69, 9.17) is 5.11 Å². The average Bonchev–Trinajstić information content (AvgIpc) is 2.88. The van der Waals surface area contributed by atoms with Gasteiger partial charge in [0.15, 0.2) is 5.69 Å². The first-order chi connectivity index (χ1) is 9.58. The van der Waals surface area contributed by atoms with Crippen LogP contribution in [0.15, 0.2) is 6.20 Å². The normalized spacial score (nSPS) is 22.4. The smallest absolute Gasteiger partial charge is 0.358 e. The van der Waals surface area contributed by atoms with E-state index >= 15 is 0 Å². The summed E-state index contributed by atoms with van der Waals surface area (Å²) in [5.74, 6) is -0.801. The molecule has 1 aliphatic heterocycles. The second kappa shape index (κ2) is 6.47. The molecule has 110 valence electrons. The van der Waals surface area contributed by atoms with E-state index in [-0.39, 0.29) is 17.6 Å². The third kappa shape index (κ3) is 3.53. The first-order valence-corrected chi connectivity index (χ1v) is 6.72. The van der Waals surface area contributed by atoms with Crippen molar-refractivity contribution in [2.24, 2.45) is 5.92 Å². The van der Waals surface area contributed by atoms with Gasteiger partial charge in [-0.25, -0.2) is 9.48 Å². The lowest BCUT2D eigenvalue weighted by atomic mass is 9.92. The largest absolute Gasteiger partial charge is 0.476 e. The number of hydrogen-bond donors (Lipinski definition) is 3. The number of carbonyl (C=O) groups excluding carboxylic acids is 1. The van der Waals surface area contributed by atoms with Gasteiger partial charge in [-0.15, -0.1) is 5.10 Å². The molecule has 8 nitrogen and oxygen atoms in total. The number of amides is 1. The summed E-state index contributed by atoms with van der Waals surface area (Å²) in [5, 5.41) is 21.9. The first kappa shape index (κ1) is 14.4. The molecular formula is C12H19N5O3. The number of rotatable bonds is 5. The Kier molecular flexibility index (Phi) is 4.67. The third-order valence-electron chi connectivity index (χ3n) is 3.45. The van der Waals surface area contributed by atoms with Gasteiger partial charge in [-0.05, 0) is 25.3 Å². The lowest BCUT2D eigenvalue weighted by molar-refractivity contribution is -0.124. The topological polar surface area (TPSA) is 109 Å². The molecule has 3 N–H and O–H groups in total. The molecule has 2 atom stereocenters. The molecule has 0 radical (unpaired) electrons. The van der Waals surface area contributed by atoms with Gasteiger partial charge >= 0.3 is 5.97 Å². The molecule has 1 amide bonds. The van der Waals surface area contributed by atoms with Crippen LogP contribution in [0.3, 0.4) is 0 Å². The number of nitrogens with one attached hydrogen (secondary N) is 2. The minimum Gasteiger partial charge on any atom is -0.476 e. The number of aromatic nitrogens is 3. The van der Waals surface area contributed by atoms with Crippen LogP contribution in [0.2, 0.25) is 0 Å². The van der Waals surface area contributed by atoms with Gasteiger partial charge in [0.2, 0.25) is 5.91 Å². The molecule has 8 heteroatoms. The van der Waals surface area contributed by atoms with Gasteiger partial charge in [-0.3, -0.25) is 4.79 Å². The van der Waals surface area contributed by atoms with Gasteiger partial charge in [0.05, 0.1) is 18.8 Å². The summed E-state index contributed by atoms with van der Waals surface area (Å²) in [6.07, 6.45) is 3.49. The fourth-order valence-electron chi connectivity index (χ4n) is 2.31. The molecule has 0 bridgehead atoms. The van der Waals surface area contributed by atoms with Gasteiger partial charge in [0, 0.05) is 6.54 Å². The van der Waals surface area contributed by atoms with E-state index in [1.165, 1.54) is 10.9 Å². The lowest BCUT2D eigenvalue weighted by Gasteiger charge is -2.28. The zero-order chi connectivity index (χ0) is 14.5. The SMILES string of the molecule is CC1CCCNC1C(=O)NCCn1cc(C(=O)O)nn1. The van der Waals surface area contributed by atoms with Crippen molar-refractivity contribution < 1.29 is 14.7 Å². The maximum Gasteiger partial charge on any atom is 0.358 e. The standard InChI is InChI=1S/C12H19N5O3/c1-8-3-2-4-13-10(8)11(18)14-5-6-17-7-9(12(19)20)15-16-17/h7-8,10,13H,2-6H2,1H3,(H,14,18)(H,19,20). The molecular weight excluding hydrogens is 262 g/mol. The molecule has 1 aliphatic rings. The summed E-state index contributed by atoms with van der Waals surface area (Å²) in [6, 6.07) is -0.144. The van der Waals surface area contributed by atoms with Crippen molar-refractivity contribution in [3.63, 3.8) is 0 Å². The van der Waals surface area contributed by atoms with Crippen LogP contribution in [0.4, 0.5) is 0 Å². The van der Waals surface area contributed by atoms with E-state index in [1.54, 1.807) is 0 Å². The highest BCUT2D eigenvalue weighted by molar-refractivity contribution is 5.84. The third-order valence-corrected chi connectivity index (χ3v) is 3.45. The fraction of sp³-hybridized carbons (Fsp3) is 0.667. The van der Waals surface area contributed by atoms with Crippen LogP contribution >= 0.6 is 0 Å². The van der Waals surface area contributed by atoms with Crippen LogP contribution in [-0.4, -0.2) is 51.1 Å². The summed E-state index contributed by atoms with van der Waals surface area (Å²) in [4.78, 5) is 22.6. The van der Waals surface area contributed by atoms with Crippen molar-refractivity contribution in [2.45, 2.75) is 32.4 Å². The second-order valence-corrected chi connectivity index (χ2v) is 5.01. The van der Waals surface area contributed by atoms with Crippen LogP contribution in [0.25, 0.3) is 0 Å². The Balaban J connectivity index is 1.77. The molecule has 0 aliphatic carbocycles. The molecule has 1 aromatic heterocycles. The van der Waals surface area contributed by atoms with Crippen LogP contribution in [-0.2, 0) is 11.3 Å². The highest BCUT2D eigenvalue weighted by Crippen LogP contribution is 2.15. The Morgan fingerprint density at radius 1 is 1.60 bits per heavy atom. The molecule has 2 unspecified atom stereocenters. The number of carbonyl (C=O) groups is 2. The number of hydrogen-bond acceptors (Lipinski definition) is 5. The monoisotopic (exact) mass is 281 g/mol. The Morgan fingerprint density at radius 3 is 3.05 bits per heavy atom. The van der Waals surface area contributed by atoms with E-state index < -0.39 is 5.97 Å². The Labute approximate surface area is 116 Å². The Hall–Kier alpha value is -1.96. The van der Waals surface area contributed by atoms with Crippen molar-refractivity contribution in [1.29, 1.82) is 0 Å².